The van der Waals surface area contributed by atoms with Crippen molar-refractivity contribution < 1.29 is 9.90 Å². The van der Waals surface area contributed by atoms with Crippen LogP contribution in [-0.2, 0) is 4.79 Å². The second kappa shape index (κ2) is 5.70. The SMILES string of the molecule is N#Cc1cccnc1NCC1(C(=O)O)CCCCC1. The molecule has 1 saturated carbocycles. The lowest BCUT2D eigenvalue weighted by molar-refractivity contribution is -0.150. The Morgan fingerprint density at radius 2 is 2.21 bits per heavy atom. The highest BCUT2D eigenvalue weighted by Crippen LogP contribution is 2.36. The molecular formula is C14H17N3O2. The summed E-state index contributed by atoms with van der Waals surface area (Å²) >= 11 is 0. The van der Waals surface area contributed by atoms with Gasteiger partial charge in [-0.1, -0.05) is 19.3 Å². The van der Waals surface area contributed by atoms with E-state index in [0.717, 1.165) is 19.3 Å². The van der Waals surface area contributed by atoms with Gasteiger partial charge in [0.1, 0.15) is 11.9 Å². The first-order valence-corrected chi connectivity index (χ1v) is 6.50. The molecule has 100 valence electrons. The standard InChI is InChI=1S/C14H17N3O2/c15-9-11-5-4-8-16-12(11)17-10-14(13(18)19)6-2-1-3-7-14/h4-5,8H,1-3,6-7,10H2,(H,16,17)(H,18,19). The maximum Gasteiger partial charge on any atom is 0.311 e. The van der Waals surface area contributed by atoms with E-state index in [0.29, 0.717) is 30.8 Å². The summed E-state index contributed by atoms with van der Waals surface area (Å²) in [6.45, 7) is 0.327. The van der Waals surface area contributed by atoms with Gasteiger partial charge in [0.2, 0.25) is 0 Å². The summed E-state index contributed by atoms with van der Waals surface area (Å²) in [6.07, 6.45) is 5.95. The van der Waals surface area contributed by atoms with Crippen LogP contribution in [0.3, 0.4) is 0 Å². The molecule has 0 bridgehead atoms. The quantitative estimate of drug-likeness (QED) is 0.867. The number of hydrogen-bond donors (Lipinski definition) is 2. The van der Waals surface area contributed by atoms with E-state index >= 15 is 0 Å². The first-order chi connectivity index (χ1) is 9.18. The van der Waals surface area contributed by atoms with E-state index in [9.17, 15) is 9.90 Å². The zero-order valence-corrected chi connectivity index (χ0v) is 10.7. The molecule has 0 amide bonds. The number of pyridine rings is 1. The minimum absolute atomic E-state index is 0.327. The Balaban J connectivity index is 2.11. The summed E-state index contributed by atoms with van der Waals surface area (Å²) in [5.41, 5.74) is -0.276. The number of nitrogens with one attached hydrogen (secondary N) is 1. The minimum atomic E-state index is -0.755. The number of nitrogens with zero attached hydrogens (tertiary/aromatic N) is 2. The predicted octanol–water partition coefficient (Wildman–Crippen LogP) is 2.40. The molecular weight excluding hydrogens is 242 g/mol. The Morgan fingerprint density at radius 3 is 2.84 bits per heavy atom. The highest BCUT2D eigenvalue weighted by atomic mass is 16.4. The number of anilines is 1. The van der Waals surface area contributed by atoms with Crippen LogP contribution >= 0.6 is 0 Å². The number of carboxylic acids is 1. The first-order valence-electron chi connectivity index (χ1n) is 6.50. The van der Waals surface area contributed by atoms with Gasteiger partial charge in [0.15, 0.2) is 0 Å². The second-order valence-electron chi connectivity index (χ2n) is 5.01. The van der Waals surface area contributed by atoms with E-state index in [1.54, 1.807) is 18.3 Å². The molecule has 0 aromatic carbocycles. The van der Waals surface area contributed by atoms with Crippen molar-refractivity contribution in [3.05, 3.63) is 23.9 Å². The zero-order valence-electron chi connectivity index (χ0n) is 10.7. The first kappa shape index (κ1) is 13.3. The van der Waals surface area contributed by atoms with Gasteiger partial charge in [-0.05, 0) is 25.0 Å². The van der Waals surface area contributed by atoms with E-state index in [1.807, 2.05) is 0 Å². The van der Waals surface area contributed by atoms with Crippen molar-refractivity contribution in [2.45, 2.75) is 32.1 Å². The smallest absolute Gasteiger partial charge is 0.311 e. The van der Waals surface area contributed by atoms with Crippen LogP contribution in [0.5, 0.6) is 0 Å². The van der Waals surface area contributed by atoms with E-state index < -0.39 is 11.4 Å². The van der Waals surface area contributed by atoms with Crippen molar-refractivity contribution in [2.75, 3.05) is 11.9 Å². The summed E-state index contributed by atoms with van der Waals surface area (Å²) in [7, 11) is 0. The van der Waals surface area contributed by atoms with Gasteiger partial charge in [0, 0.05) is 12.7 Å². The maximum absolute atomic E-state index is 11.5. The molecule has 2 rings (SSSR count). The average molecular weight is 259 g/mol. The maximum atomic E-state index is 11.5. The van der Waals surface area contributed by atoms with Gasteiger partial charge in [-0.2, -0.15) is 5.26 Å². The van der Waals surface area contributed by atoms with Crippen LogP contribution in [-0.4, -0.2) is 22.6 Å². The molecule has 0 aliphatic heterocycles. The fraction of sp³-hybridized carbons (Fsp3) is 0.500. The van der Waals surface area contributed by atoms with Crippen LogP contribution in [0.4, 0.5) is 5.82 Å². The van der Waals surface area contributed by atoms with Gasteiger partial charge in [0.05, 0.1) is 11.0 Å². The van der Waals surface area contributed by atoms with E-state index in [1.165, 1.54) is 0 Å². The third-order valence-corrected chi connectivity index (χ3v) is 3.79. The molecule has 5 heteroatoms. The number of hydrogen-bond acceptors (Lipinski definition) is 4. The fourth-order valence-electron chi connectivity index (χ4n) is 2.58. The van der Waals surface area contributed by atoms with Gasteiger partial charge in [-0.25, -0.2) is 4.98 Å². The van der Waals surface area contributed by atoms with Crippen molar-refractivity contribution in [3.63, 3.8) is 0 Å². The van der Waals surface area contributed by atoms with Crippen molar-refractivity contribution in [2.24, 2.45) is 5.41 Å². The molecule has 0 radical (unpaired) electrons. The number of carbonyl (C=O) groups is 1. The number of carboxylic acid groups (broad SMARTS) is 1. The van der Waals surface area contributed by atoms with E-state index in [-0.39, 0.29) is 0 Å². The van der Waals surface area contributed by atoms with Crippen molar-refractivity contribution in [1.82, 2.24) is 4.98 Å². The summed E-state index contributed by atoms with van der Waals surface area (Å²) in [6, 6.07) is 5.41. The van der Waals surface area contributed by atoms with Gasteiger partial charge >= 0.3 is 5.97 Å². The summed E-state index contributed by atoms with van der Waals surface area (Å²) in [5.74, 6) is -0.287. The predicted molar refractivity (Wildman–Crippen MR) is 70.6 cm³/mol. The molecule has 0 saturated heterocycles. The van der Waals surface area contributed by atoms with E-state index in [4.69, 9.17) is 5.26 Å². The Morgan fingerprint density at radius 1 is 1.47 bits per heavy atom. The molecule has 1 aliphatic rings. The lowest BCUT2D eigenvalue weighted by atomic mass is 9.74. The Kier molecular flexibility index (Phi) is 4.00. The van der Waals surface area contributed by atoms with Crippen LogP contribution in [0.15, 0.2) is 18.3 Å². The topological polar surface area (TPSA) is 86.0 Å². The summed E-state index contributed by atoms with van der Waals surface area (Å²) < 4.78 is 0. The Bertz CT molecular complexity index is 502. The molecule has 1 aromatic rings. The Labute approximate surface area is 112 Å². The van der Waals surface area contributed by atoms with Crippen molar-refractivity contribution in [1.29, 1.82) is 5.26 Å². The van der Waals surface area contributed by atoms with Crippen LogP contribution in [0.2, 0.25) is 0 Å². The van der Waals surface area contributed by atoms with Crippen LogP contribution in [0.25, 0.3) is 0 Å². The molecule has 0 atom stereocenters. The summed E-state index contributed by atoms with van der Waals surface area (Å²) in [4.78, 5) is 15.6. The lowest BCUT2D eigenvalue weighted by Gasteiger charge is -2.33. The Hall–Kier alpha value is -2.09. The lowest BCUT2D eigenvalue weighted by Crippen LogP contribution is -2.39. The van der Waals surface area contributed by atoms with Crippen LogP contribution in [0.1, 0.15) is 37.7 Å². The monoisotopic (exact) mass is 259 g/mol. The van der Waals surface area contributed by atoms with Gasteiger partial charge in [-0.3, -0.25) is 4.79 Å². The number of rotatable bonds is 4. The molecule has 1 fully saturated rings. The minimum Gasteiger partial charge on any atom is -0.481 e. The summed E-state index contributed by atoms with van der Waals surface area (Å²) in [5, 5.41) is 21.5. The molecule has 5 nitrogen and oxygen atoms in total. The molecule has 1 heterocycles. The molecule has 0 spiro atoms. The molecule has 19 heavy (non-hydrogen) atoms. The van der Waals surface area contributed by atoms with Crippen LogP contribution < -0.4 is 5.32 Å². The number of aliphatic carboxylic acids is 1. The third kappa shape index (κ3) is 2.84. The van der Waals surface area contributed by atoms with Gasteiger partial charge < -0.3 is 10.4 Å². The average Bonchev–Trinajstić information content (AvgIpc) is 2.46. The highest BCUT2D eigenvalue weighted by molar-refractivity contribution is 5.75. The highest BCUT2D eigenvalue weighted by Gasteiger charge is 2.39. The molecule has 1 aliphatic carbocycles. The van der Waals surface area contributed by atoms with Crippen molar-refractivity contribution in [3.8, 4) is 6.07 Å². The van der Waals surface area contributed by atoms with E-state index in [2.05, 4.69) is 16.4 Å². The zero-order chi connectivity index (χ0) is 13.7. The molecule has 0 unspecified atom stereocenters. The normalized spacial score (nSPS) is 17.4. The fourth-order valence-corrected chi connectivity index (χ4v) is 2.58. The van der Waals surface area contributed by atoms with Crippen molar-refractivity contribution >= 4 is 11.8 Å². The second-order valence-corrected chi connectivity index (χ2v) is 5.01. The molecule has 2 N–H and O–H groups in total. The van der Waals surface area contributed by atoms with Crippen LogP contribution in [0, 0.1) is 16.7 Å². The van der Waals surface area contributed by atoms with Gasteiger partial charge in [-0.15, -0.1) is 0 Å². The molecule has 1 aromatic heterocycles. The van der Waals surface area contributed by atoms with Gasteiger partial charge in [0.25, 0.3) is 0 Å². The number of aromatic nitrogens is 1. The third-order valence-electron chi connectivity index (χ3n) is 3.79. The largest absolute Gasteiger partial charge is 0.481 e. The number of nitriles is 1.